The first-order valence-corrected chi connectivity index (χ1v) is 15.4. The van der Waals surface area contributed by atoms with Crippen molar-refractivity contribution in [3.63, 3.8) is 0 Å². The number of ether oxygens (including phenoxy) is 2. The molecule has 2 saturated heterocycles. The lowest BCUT2D eigenvalue weighted by Crippen LogP contribution is -2.51. The van der Waals surface area contributed by atoms with Gasteiger partial charge in [0.05, 0.1) is 40.2 Å². The van der Waals surface area contributed by atoms with E-state index in [1.165, 1.54) is 6.07 Å². The number of hydrogen-bond acceptors (Lipinski definition) is 11. The minimum atomic E-state index is -0.336. The lowest BCUT2D eigenvalue weighted by molar-refractivity contribution is 0.188. The number of aromatic nitrogens is 3. The SMILES string of the molecule is CN1CCCC1COc1nc(N2CCNC(CC#N)C2)c2c3c(c(-c4ccc(F)c5sc(N)nc45)cc2n1)CCCO3. The molecule has 2 aromatic heterocycles. The Labute approximate surface area is 247 Å². The fourth-order valence-electron chi connectivity index (χ4n) is 6.46. The number of nitrogen functional groups attached to an aromatic ring is 1. The van der Waals surface area contributed by atoms with Crippen molar-refractivity contribution in [2.45, 2.75) is 44.2 Å². The van der Waals surface area contributed by atoms with Gasteiger partial charge in [0.2, 0.25) is 0 Å². The molecule has 12 heteroatoms. The van der Waals surface area contributed by atoms with Gasteiger partial charge in [0.25, 0.3) is 0 Å². The van der Waals surface area contributed by atoms with Gasteiger partial charge in [-0.1, -0.05) is 11.3 Å². The quantitative estimate of drug-likeness (QED) is 0.340. The number of thiazole rings is 1. The number of piperazine rings is 1. The molecule has 10 nitrogen and oxygen atoms in total. The van der Waals surface area contributed by atoms with Crippen LogP contribution in [0.5, 0.6) is 11.8 Å². The molecule has 4 aromatic rings. The maximum atomic E-state index is 14.7. The summed E-state index contributed by atoms with van der Waals surface area (Å²) in [7, 11) is 2.12. The van der Waals surface area contributed by atoms with Crippen molar-refractivity contribution >= 4 is 43.4 Å². The molecular formula is C30H33FN8O2S. The lowest BCUT2D eigenvalue weighted by Gasteiger charge is -2.35. The van der Waals surface area contributed by atoms with Gasteiger partial charge in [-0.05, 0) is 63.0 Å². The van der Waals surface area contributed by atoms with Crippen LogP contribution in [-0.2, 0) is 6.42 Å². The Bertz CT molecular complexity index is 1700. The van der Waals surface area contributed by atoms with Crippen molar-refractivity contribution in [2.75, 3.05) is 57.1 Å². The van der Waals surface area contributed by atoms with Crippen LogP contribution in [-0.4, -0.2) is 78.4 Å². The maximum absolute atomic E-state index is 14.7. The fourth-order valence-corrected chi connectivity index (χ4v) is 7.23. The number of anilines is 2. The van der Waals surface area contributed by atoms with Gasteiger partial charge in [0.1, 0.15) is 24.0 Å². The zero-order valence-electron chi connectivity index (χ0n) is 23.5. The number of fused-ring (bicyclic) bond motifs is 4. The summed E-state index contributed by atoms with van der Waals surface area (Å²) in [6, 6.07) is 8.24. The molecule has 218 valence electrons. The number of hydrogen-bond donors (Lipinski definition) is 2. The number of benzene rings is 2. The van der Waals surface area contributed by atoms with Crippen molar-refractivity contribution in [2.24, 2.45) is 0 Å². The molecule has 0 amide bonds. The molecule has 3 aliphatic heterocycles. The number of nitrogens with zero attached hydrogens (tertiary/aromatic N) is 6. The van der Waals surface area contributed by atoms with E-state index in [1.807, 2.05) is 6.07 Å². The monoisotopic (exact) mass is 588 g/mol. The van der Waals surface area contributed by atoms with Gasteiger partial charge in [0.15, 0.2) is 5.13 Å². The van der Waals surface area contributed by atoms with Crippen LogP contribution in [0.1, 0.15) is 31.2 Å². The van der Waals surface area contributed by atoms with Gasteiger partial charge in [-0.3, -0.25) is 0 Å². The van der Waals surface area contributed by atoms with E-state index >= 15 is 0 Å². The fraction of sp³-hybridized carbons (Fsp3) is 0.467. The highest BCUT2D eigenvalue weighted by atomic mass is 32.1. The zero-order valence-corrected chi connectivity index (χ0v) is 24.3. The van der Waals surface area contributed by atoms with Gasteiger partial charge in [0, 0.05) is 42.8 Å². The Morgan fingerprint density at radius 2 is 2.14 bits per heavy atom. The highest BCUT2D eigenvalue weighted by Gasteiger charge is 2.30. The van der Waals surface area contributed by atoms with E-state index in [1.54, 1.807) is 6.07 Å². The van der Waals surface area contributed by atoms with Crippen LogP contribution in [0.15, 0.2) is 18.2 Å². The number of likely N-dealkylation sites (tertiary alicyclic amines) is 1. The highest BCUT2D eigenvalue weighted by Crippen LogP contribution is 2.46. The Kier molecular flexibility index (Phi) is 7.17. The zero-order chi connectivity index (χ0) is 28.8. The van der Waals surface area contributed by atoms with Gasteiger partial charge >= 0.3 is 6.01 Å². The Morgan fingerprint density at radius 3 is 2.98 bits per heavy atom. The first-order valence-electron chi connectivity index (χ1n) is 14.5. The number of nitrogens with two attached hydrogens (primary N) is 1. The highest BCUT2D eigenvalue weighted by molar-refractivity contribution is 7.22. The van der Waals surface area contributed by atoms with Crippen molar-refractivity contribution in [1.29, 1.82) is 5.26 Å². The van der Waals surface area contributed by atoms with E-state index in [2.05, 4.69) is 33.2 Å². The van der Waals surface area contributed by atoms with Crippen molar-refractivity contribution in [1.82, 2.24) is 25.2 Å². The summed E-state index contributed by atoms with van der Waals surface area (Å²) in [4.78, 5) is 18.9. The Balaban J connectivity index is 1.41. The molecule has 5 heterocycles. The number of likely N-dealkylation sites (N-methyl/N-ethyl adjacent to an activating group) is 1. The average molecular weight is 589 g/mol. The first kappa shape index (κ1) is 27.1. The molecule has 2 unspecified atom stereocenters. The van der Waals surface area contributed by atoms with Crippen LogP contribution in [0.25, 0.3) is 32.2 Å². The largest absolute Gasteiger partial charge is 0.492 e. The summed E-state index contributed by atoms with van der Waals surface area (Å²) in [6.07, 6.45) is 4.29. The second-order valence-corrected chi connectivity index (χ2v) is 12.3. The molecule has 42 heavy (non-hydrogen) atoms. The van der Waals surface area contributed by atoms with Crippen LogP contribution in [0.2, 0.25) is 0 Å². The second-order valence-electron chi connectivity index (χ2n) is 11.3. The van der Waals surface area contributed by atoms with Crippen molar-refractivity contribution < 1.29 is 13.9 Å². The maximum Gasteiger partial charge on any atom is 0.319 e. The smallest absolute Gasteiger partial charge is 0.319 e. The van der Waals surface area contributed by atoms with E-state index in [0.717, 1.165) is 90.3 Å². The molecule has 0 spiro atoms. The van der Waals surface area contributed by atoms with E-state index in [4.69, 9.17) is 25.2 Å². The summed E-state index contributed by atoms with van der Waals surface area (Å²) in [6.45, 7) is 4.24. The first-order chi connectivity index (χ1) is 20.5. The Morgan fingerprint density at radius 1 is 1.24 bits per heavy atom. The molecule has 2 fully saturated rings. The van der Waals surface area contributed by atoms with Gasteiger partial charge in [-0.2, -0.15) is 15.2 Å². The Hall–Kier alpha value is -3.79. The number of nitrogens with one attached hydrogen (secondary N) is 1. The third-order valence-corrected chi connectivity index (χ3v) is 9.49. The third kappa shape index (κ3) is 4.85. The summed E-state index contributed by atoms with van der Waals surface area (Å²) in [5.74, 6) is 1.17. The molecule has 7 rings (SSSR count). The summed E-state index contributed by atoms with van der Waals surface area (Å²) < 4.78 is 27.9. The summed E-state index contributed by atoms with van der Waals surface area (Å²) in [5, 5.41) is 14.0. The molecule has 0 bridgehead atoms. The van der Waals surface area contributed by atoms with E-state index in [-0.39, 0.29) is 11.9 Å². The van der Waals surface area contributed by atoms with Crippen LogP contribution >= 0.6 is 11.3 Å². The van der Waals surface area contributed by atoms with E-state index in [9.17, 15) is 9.65 Å². The number of nitriles is 1. The molecule has 3 aliphatic rings. The molecule has 0 radical (unpaired) electrons. The summed E-state index contributed by atoms with van der Waals surface area (Å²) in [5.41, 5.74) is 10.0. The standard InChI is InChI=1S/C30H33FN8O2S/c1-38-11-2-4-18(38)16-41-30-35-23-14-21(19-6-7-22(31)27-25(19)36-29(33)42-27)20-5-3-13-40-26(20)24(23)28(37-30)39-12-10-34-17(15-39)8-9-32/h6-7,14,17-18,34H,2-5,8,10-13,15-16H2,1H3,(H2,33,36). The second kappa shape index (κ2) is 11.1. The summed E-state index contributed by atoms with van der Waals surface area (Å²) >= 11 is 1.15. The van der Waals surface area contributed by atoms with Crippen LogP contribution < -0.4 is 25.4 Å². The molecular weight excluding hydrogens is 555 g/mol. The van der Waals surface area contributed by atoms with Gasteiger partial charge in [-0.25, -0.2) is 9.37 Å². The van der Waals surface area contributed by atoms with E-state index < -0.39 is 0 Å². The number of halogens is 1. The minimum Gasteiger partial charge on any atom is -0.492 e. The van der Waals surface area contributed by atoms with E-state index in [0.29, 0.717) is 59.1 Å². The molecule has 0 saturated carbocycles. The molecule has 3 N–H and O–H groups in total. The van der Waals surface area contributed by atoms with Crippen molar-refractivity contribution in [3.05, 3.63) is 29.6 Å². The predicted molar refractivity (Wildman–Crippen MR) is 162 cm³/mol. The van der Waals surface area contributed by atoms with Gasteiger partial charge in [-0.15, -0.1) is 0 Å². The normalized spacial score (nSPS) is 20.9. The molecule has 2 atom stereocenters. The topological polar surface area (TPSA) is 125 Å². The predicted octanol–water partition coefficient (Wildman–Crippen LogP) is 4.12. The molecule has 0 aliphatic carbocycles. The average Bonchev–Trinajstić information content (AvgIpc) is 3.61. The van der Waals surface area contributed by atoms with Crippen molar-refractivity contribution in [3.8, 4) is 29.0 Å². The minimum absolute atomic E-state index is 0.0314. The molecule has 2 aromatic carbocycles. The van der Waals surface area contributed by atoms with Gasteiger partial charge < -0.3 is 30.3 Å². The van der Waals surface area contributed by atoms with Crippen LogP contribution in [0.4, 0.5) is 15.3 Å². The lowest BCUT2D eigenvalue weighted by atomic mass is 9.91. The van der Waals surface area contributed by atoms with Crippen LogP contribution in [0, 0.1) is 17.1 Å². The number of rotatable bonds is 6. The third-order valence-electron chi connectivity index (χ3n) is 8.59. The van der Waals surface area contributed by atoms with Crippen LogP contribution in [0.3, 0.4) is 0 Å².